The molecule has 1 aromatic rings. The third kappa shape index (κ3) is 2.11. The molecule has 1 heterocycles. The zero-order valence-corrected chi connectivity index (χ0v) is 14.7. The first-order valence-electron chi connectivity index (χ1n) is 9.20. The van der Waals surface area contributed by atoms with Crippen molar-refractivity contribution in [3.63, 3.8) is 0 Å². The largest absolute Gasteiger partial charge is 0.274 e. The molecule has 0 spiro atoms. The number of nitrogens with zero attached hydrogens (tertiary/aromatic N) is 1. The Balaban J connectivity index is 1.54. The maximum Gasteiger partial charge on any atom is 0.238 e. The van der Waals surface area contributed by atoms with E-state index in [1.54, 1.807) is 24.3 Å². The van der Waals surface area contributed by atoms with Gasteiger partial charge in [0.15, 0.2) is 0 Å². The summed E-state index contributed by atoms with van der Waals surface area (Å²) in [5, 5.41) is 0.543. The van der Waals surface area contributed by atoms with Crippen molar-refractivity contribution in [2.45, 2.75) is 32.1 Å². The normalized spacial score (nSPS) is 33.6. The summed E-state index contributed by atoms with van der Waals surface area (Å²) in [6, 6.07) is 7.04. The zero-order valence-electron chi connectivity index (χ0n) is 14.0. The molecule has 0 radical (unpaired) electrons. The van der Waals surface area contributed by atoms with Gasteiger partial charge in [-0.25, -0.2) is 4.90 Å². The highest BCUT2D eigenvalue weighted by molar-refractivity contribution is 6.31. The summed E-state index contributed by atoms with van der Waals surface area (Å²) in [7, 11) is 0. The lowest BCUT2D eigenvalue weighted by Crippen LogP contribution is -2.33. The summed E-state index contributed by atoms with van der Waals surface area (Å²) >= 11 is 6.06. The van der Waals surface area contributed by atoms with Crippen LogP contribution in [0.1, 0.15) is 32.1 Å². The number of rotatable bonds is 1. The maximum atomic E-state index is 13.1. The fourth-order valence-corrected chi connectivity index (χ4v) is 5.56. The lowest BCUT2D eigenvalue weighted by atomic mass is 9.85. The number of hydrogen-bond acceptors (Lipinski definition) is 2. The summed E-state index contributed by atoms with van der Waals surface area (Å²) in [6.07, 6.45) is 10.4. The molecule has 25 heavy (non-hydrogen) atoms. The van der Waals surface area contributed by atoms with Crippen molar-refractivity contribution >= 4 is 29.1 Å². The van der Waals surface area contributed by atoms with Crippen LogP contribution < -0.4 is 4.90 Å². The Kier molecular flexibility index (Phi) is 3.43. The number of benzene rings is 1. The van der Waals surface area contributed by atoms with Crippen LogP contribution in [-0.4, -0.2) is 11.8 Å². The third-order valence-corrected chi connectivity index (χ3v) is 6.58. The van der Waals surface area contributed by atoms with E-state index in [0.717, 1.165) is 12.8 Å². The van der Waals surface area contributed by atoms with E-state index >= 15 is 0 Å². The van der Waals surface area contributed by atoms with Crippen molar-refractivity contribution < 1.29 is 9.59 Å². The molecular formula is C21H20ClNO2. The highest BCUT2D eigenvalue weighted by Crippen LogP contribution is 2.58. The van der Waals surface area contributed by atoms with E-state index in [0.29, 0.717) is 10.7 Å². The summed E-state index contributed by atoms with van der Waals surface area (Å²) in [6.45, 7) is 0. The molecule has 2 saturated carbocycles. The van der Waals surface area contributed by atoms with Gasteiger partial charge in [0.05, 0.1) is 17.5 Å². The van der Waals surface area contributed by atoms with E-state index in [2.05, 4.69) is 12.2 Å². The van der Waals surface area contributed by atoms with Gasteiger partial charge in [0.2, 0.25) is 11.8 Å². The van der Waals surface area contributed by atoms with Gasteiger partial charge in [-0.1, -0.05) is 47.4 Å². The minimum Gasteiger partial charge on any atom is -0.274 e. The molecule has 5 rings (SSSR count). The SMILES string of the molecule is O=C1[C@@H]2[C@H](C(=O)N1c1cccc(Cl)c1)[C@@H]1C=C[C@@H]2C1=C1CCCCC1. The van der Waals surface area contributed by atoms with Gasteiger partial charge in [0.1, 0.15) is 0 Å². The van der Waals surface area contributed by atoms with Crippen LogP contribution in [0.3, 0.4) is 0 Å². The Bertz CT molecular complexity index is 798. The summed E-state index contributed by atoms with van der Waals surface area (Å²) in [5.74, 6) is -0.282. The van der Waals surface area contributed by atoms with E-state index in [1.165, 1.54) is 35.3 Å². The number of fused-ring (bicyclic) bond motifs is 5. The Labute approximate surface area is 152 Å². The molecule has 3 nitrogen and oxygen atoms in total. The molecule has 0 N–H and O–H groups in total. The lowest BCUT2D eigenvalue weighted by molar-refractivity contribution is -0.122. The highest BCUT2D eigenvalue weighted by Gasteiger charge is 2.62. The number of imide groups is 1. The summed E-state index contributed by atoms with van der Waals surface area (Å²) in [4.78, 5) is 27.6. The first kappa shape index (κ1) is 15.4. The number of allylic oxidation sites excluding steroid dienone is 4. The molecule has 1 aliphatic heterocycles. The monoisotopic (exact) mass is 353 g/mol. The quantitative estimate of drug-likeness (QED) is 0.549. The van der Waals surface area contributed by atoms with Gasteiger partial charge in [-0.3, -0.25) is 9.59 Å². The van der Waals surface area contributed by atoms with Gasteiger partial charge in [0, 0.05) is 16.9 Å². The molecule has 0 aromatic heterocycles. The van der Waals surface area contributed by atoms with Crippen molar-refractivity contribution in [3.8, 4) is 0 Å². The summed E-state index contributed by atoms with van der Waals surface area (Å²) in [5.41, 5.74) is 3.53. The number of anilines is 1. The second-order valence-corrected chi connectivity index (χ2v) is 8.04. The van der Waals surface area contributed by atoms with Crippen LogP contribution in [0.4, 0.5) is 5.69 Å². The van der Waals surface area contributed by atoms with Gasteiger partial charge in [-0.05, 0) is 43.9 Å². The second kappa shape index (κ2) is 5.57. The Hall–Kier alpha value is -1.87. The van der Waals surface area contributed by atoms with Crippen molar-refractivity contribution in [2.24, 2.45) is 23.7 Å². The molecule has 2 bridgehead atoms. The van der Waals surface area contributed by atoms with Gasteiger partial charge in [-0.2, -0.15) is 0 Å². The molecular weight excluding hydrogens is 334 g/mol. The number of carbonyl (C=O) groups is 2. The van der Waals surface area contributed by atoms with Crippen molar-refractivity contribution in [1.82, 2.24) is 0 Å². The molecule has 2 amide bonds. The molecule has 0 unspecified atom stereocenters. The molecule has 128 valence electrons. The van der Waals surface area contributed by atoms with Crippen LogP contribution in [0.25, 0.3) is 0 Å². The summed E-state index contributed by atoms with van der Waals surface area (Å²) < 4.78 is 0. The molecule has 3 fully saturated rings. The standard InChI is InChI=1S/C21H20ClNO2/c22-13-7-4-8-14(11-13)23-20(24)18-15-9-10-16(19(18)21(23)25)17(15)12-5-2-1-3-6-12/h4,7-11,15-16,18-19H,1-3,5-6H2/t15-,16-,18-,19+/m1/s1. The van der Waals surface area contributed by atoms with Crippen LogP contribution in [0.5, 0.6) is 0 Å². The number of hydrogen-bond donors (Lipinski definition) is 0. The van der Waals surface area contributed by atoms with Gasteiger partial charge in [-0.15, -0.1) is 0 Å². The average Bonchev–Trinajstić information content (AvgIpc) is 3.25. The molecule has 4 aliphatic rings. The minimum absolute atomic E-state index is 0.0528. The van der Waals surface area contributed by atoms with Crippen molar-refractivity contribution in [3.05, 3.63) is 52.6 Å². The van der Waals surface area contributed by atoms with E-state index in [9.17, 15) is 9.59 Å². The first-order chi connectivity index (χ1) is 12.2. The van der Waals surface area contributed by atoms with Crippen LogP contribution in [-0.2, 0) is 9.59 Å². The first-order valence-corrected chi connectivity index (χ1v) is 9.58. The van der Waals surface area contributed by atoms with E-state index in [1.807, 2.05) is 0 Å². The van der Waals surface area contributed by atoms with Gasteiger partial charge >= 0.3 is 0 Å². The number of halogens is 1. The second-order valence-electron chi connectivity index (χ2n) is 7.60. The number of amides is 2. The Morgan fingerprint density at radius 2 is 1.56 bits per heavy atom. The fourth-order valence-electron chi connectivity index (χ4n) is 5.37. The Morgan fingerprint density at radius 3 is 2.16 bits per heavy atom. The molecule has 3 aliphatic carbocycles. The smallest absolute Gasteiger partial charge is 0.238 e. The van der Waals surface area contributed by atoms with Crippen LogP contribution in [0.15, 0.2) is 47.6 Å². The van der Waals surface area contributed by atoms with E-state index < -0.39 is 0 Å². The maximum absolute atomic E-state index is 13.1. The van der Waals surface area contributed by atoms with Crippen LogP contribution in [0, 0.1) is 23.7 Å². The van der Waals surface area contributed by atoms with Gasteiger partial charge < -0.3 is 0 Å². The fraction of sp³-hybridized carbons (Fsp3) is 0.429. The van der Waals surface area contributed by atoms with Crippen LogP contribution >= 0.6 is 11.6 Å². The average molecular weight is 354 g/mol. The van der Waals surface area contributed by atoms with Gasteiger partial charge in [0.25, 0.3) is 0 Å². The lowest BCUT2D eigenvalue weighted by Gasteiger charge is -2.23. The predicted octanol–water partition coefficient (Wildman–Crippen LogP) is 4.52. The molecule has 4 heteroatoms. The predicted molar refractivity (Wildman–Crippen MR) is 97.2 cm³/mol. The number of carbonyl (C=O) groups excluding carboxylic acids is 2. The molecule has 1 saturated heterocycles. The topological polar surface area (TPSA) is 37.4 Å². The zero-order chi connectivity index (χ0) is 17.1. The van der Waals surface area contributed by atoms with Crippen molar-refractivity contribution in [2.75, 3.05) is 4.90 Å². The minimum atomic E-state index is -0.217. The molecule has 4 atom stereocenters. The van der Waals surface area contributed by atoms with Crippen LogP contribution in [0.2, 0.25) is 5.02 Å². The highest BCUT2D eigenvalue weighted by atomic mass is 35.5. The van der Waals surface area contributed by atoms with Crippen molar-refractivity contribution in [1.29, 1.82) is 0 Å². The van der Waals surface area contributed by atoms with E-state index in [-0.39, 0.29) is 35.5 Å². The Morgan fingerprint density at radius 1 is 0.920 bits per heavy atom. The third-order valence-electron chi connectivity index (χ3n) is 6.35. The van der Waals surface area contributed by atoms with E-state index in [4.69, 9.17) is 11.6 Å². The molecule has 1 aromatic carbocycles.